The predicted octanol–water partition coefficient (Wildman–Crippen LogP) is 3.31. The third-order valence-corrected chi connectivity index (χ3v) is 5.92. The Labute approximate surface area is 150 Å². The molecule has 134 valence electrons. The number of hydrogen-bond acceptors (Lipinski definition) is 5. The van der Waals surface area contributed by atoms with E-state index in [1.807, 2.05) is 11.8 Å². The fourth-order valence-electron chi connectivity index (χ4n) is 3.25. The number of hydrogen-bond donors (Lipinski definition) is 1. The number of likely N-dealkylation sites (tertiary alicyclic amines) is 1. The van der Waals surface area contributed by atoms with Gasteiger partial charge in [-0.1, -0.05) is 0 Å². The number of amides is 1. The Morgan fingerprint density at radius 3 is 2.80 bits per heavy atom. The lowest BCUT2D eigenvalue weighted by molar-refractivity contribution is -0.136. The number of furan rings is 1. The highest BCUT2D eigenvalue weighted by atomic mass is 32.1. The fraction of sp³-hybridized carbons (Fsp3) is 0.500. The minimum atomic E-state index is -1.01. The second-order valence-electron chi connectivity index (χ2n) is 6.57. The summed E-state index contributed by atoms with van der Waals surface area (Å²) in [6.45, 7) is 7.14. The van der Waals surface area contributed by atoms with Crippen LogP contribution in [0.1, 0.15) is 56.0 Å². The molecule has 1 atom stereocenters. The number of aromatic nitrogens is 1. The average molecular weight is 362 g/mol. The molecular weight excluding hydrogens is 340 g/mol. The van der Waals surface area contributed by atoms with E-state index in [0.717, 1.165) is 23.5 Å². The van der Waals surface area contributed by atoms with Crippen LogP contribution in [0.2, 0.25) is 0 Å². The summed E-state index contributed by atoms with van der Waals surface area (Å²) in [4.78, 5) is 31.7. The number of thiazole rings is 1. The van der Waals surface area contributed by atoms with Gasteiger partial charge in [0.05, 0.1) is 22.5 Å². The zero-order chi connectivity index (χ0) is 18.1. The molecule has 1 N–H and O–H groups in total. The second kappa shape index (κ2) is 7.00. The van der Waals surface area contributed by atoms with E-state index in [-0.39, 0.29) is 24.0 Å². The standard InChI is InChI=1S/C18H22N2O4S/c1-10-9-24-14(7-15(21)22)16(10)18(23)20-6-4-5-13(8-20)17-19-11(2)12(3)25-17/h9,13H,4-8H2,1-3H3,(H,21,22). The van der Waals surface area contributed by atoms with Crippen LogP contribution in [0.4, 0.5) is 0 Å². The first-order valence-corrected chi connectivity index (χ1v) is 9.20. The highest BCUT2D eigenvalue weighted by molar-refractivity contribution is 7.11. The Balaban J connectivity index is 1.81. The van der Waals surface area contributed by atoms with Crippen LogP contribution >= 0.6 is 11.3 Å². The van der Waals surface area contributed by atoms with Gasteiger partial charge in [-0.2, -0.15) is 0 Å². The number of carboxylic acid groups (broad SMARTS) is 1. The topological polar surface area (TPSA) is 83.6 Å². The predicted molar refractivity (Wildman–Crippen MR) is 94.3 cm³/mol. The lowest BCUT2D eigenvalue weighted by atomic mass is 9.97. The Bertz CT molecular complexity index is 789. The molecule has 1 aliphatic heterocycles. The largest absolute Gasteiger partial charge is 0.481 e. The summed E-state index contributed by atoms with van der Waals surface area (Å²) in [5.41, 5.74) is 2.14. The van der Waals surface area contributed by atoms with E-state index < -0.39 is 5.97 Å². The summed E-state index contributed by atoms with van der Waals surface area (Å²) in [6, 6.07) is 0. The molecule has 2 aromatic rings. The molecule has 1 fully saturated rings. The van der Waals surface area contributed by atoms with E-state index >= 15 is 0 Å². The van der Waals surface area contributed by atoms with Crippen LogP contribution in [-0.4, -0.2) is 40.0 Å². The number of carbonyl (C=O) groups is 2. The molecule has 0 aliphatic carbocycles. The maximum absolute atomic E-state index is 13.0. The lowest BCUT2D eigenvalue weighted by Gasteiger charge is -2.32. The minimum absolute atomic E-state index is 0.141. The molecule has 3 heterocycles. The van der Waals surface area contributed by atoms with Crippen LogP contribution in [0.5, 0.6) is 0 Å². The molecule has 6 nitrogen and oxygen atoms in total. The molecule has 0 saturated carbocycles. The van der Waals surface area contributed by atoms with Gasteiger partial charge >= 0.3 is 5.97 Å². The van der Waals surface area contributed by atoms with Gasteiger partial charge in [0.1, 0.15) is 12.2 Å². The van der Waals surface area contributed by atoms with E-state index in [1.165, 1.54) is 11.1 Å². The molecule has 0 spiro atoms. The Morgan fingerprint density at radius 1 is 1.40 bits per heavy atom. The normalized spacial score (nSPS) is 17.7. The van der Waals surface area contributed by atoms with Crippen LogP contribution in [0.3, 0.4) is 0 Å². The van der Waals surface area contributed by atoms with Crippen LogP contribution in [-0.2, 0) is 11.2 Å². The maximum Gasteiger partial charge on any atom is 0.311 e. The molecule has 0 aromatic carbocycles. The van der Waals surface area contributed by atoms with Crippen molar-refractivity contribution >= 4 is 23.2 Å². The lowest BCUT2D eigenvalue weighted by Crippen LogP contribution is -2.39. The Hall–Kier alpha value is -2.15. The number of carbonyl (C=O) groups excluding carboxylic acids is 1. The minimum Gasteiger partial charge on any atom is -0.481 e. The zero-order valence-corrected chi connectivity index (χ0v) is 15.5. The Morgan fingerprint density at radius 2 is 2.16 bits per heavy atom. The quantitative estimate of drug-likeness (QED) is 0.902. The molecule has 7 heteroatoms. The summed E-state index contributed by atoms with van der Waals surface area (Å²) in [5, 5.41) is 10.1. The van der Waals surface area contributed by atoms with Gasteiger partial charge in [-0.05, 0) is 33.6 Å². The third-order valence-electron chi connectivity index (χ3n) is 4.68. The fourth-order valence-corrected chi connectivity index (χ4v) is 4.29. The first-order valence-electron chi connectivity index (χ1n) is 8.38. The molecule has 3 rings (SSSR count). The number of aliphatic carboxylic acids is 1. The van der Waals surface area contributed by atoms with Gasteiger partial charge in [0.2, 0.25) is 0 Å². The third kappa shape index (κ3) is 3.61. The van der Waals surface area contributed by atoms with Crippen molar-refractivity contribution in [2.45, 2.75) is 46.0 Å². The average Bonchev–Trinajstić information content (AvgIpc) is 3.09. The van der Waals surface area contributed by atoms with Crippen molar-refractivity contribution in [1.29, 1.82) is 0 Å². The van der Waals surface area contributed by atoms with Gasteiger partial charge in [0, 0.05) is 29.4 Å². The van der Waals surface area contributed by atoms with Gasteiger partial charge in [-0.15, -0.1) is 11.3 Å². The van der Waals surface area contributed by atoms with E-state index in [1.54, 1.807) is 18.3 Å². The van der Waals surface area contributed by atoms with E-state index in [0.29, 0.717) is 24.2 Å². The molecular formula is C18H22N2O4S. The highest BCUT2D eigenvalue weighted by Crippen LogP contribution is 2.32. The Kier molecular flexibility index (Phi) is 4.94. The molecule has 0 radical (unpaired) electrons. The molecule has 1 amide bonds. The van der Waals surface area contributed by atoms with Gasteiger partial charge in [0.25, 0.3) is 5.91 Å². The first kappa shape index (κ1) is 17.7. The molecule has 25 heavy (non-hydrogen) atoms. The van der Waals surface area contributed by atoms with Crippen molar-refractivity contribution in [2.75, 3.05) is 13.1 Å². The van der Waals surface area contributed by atoms with Gasteiger partial charge in [-0.3, -0.25) is 9.59 Å². The van der Waals surface area contributed by atoms with Crippen molar-refractivity contribution in [1.82, 2.24) is 9.88 Å². The van der Waals surface area contributed by atoms with Crippen molar-refractivity contribution in [2.24, 2.45) is 0 Å². The zero-order valence-electron chi connectivity index (χ0n) is 14.7. The van der Waals surface area contributed by atoms with Crippen LogP contribution < -0.4 is 0 Å². The van der Waals surface area contributed by atoms with E-state index in [9.17, 15) is 9.59 Å². The molecule has 1 aliphatic rings. The van der Waals surface area contributed by atoms with Crippen LogP contribution in [0.25, 0.3) is 0 Å². The number of aryl methyl sites for hydroxylation is 3. The van der Waals surface area contributed by atoms with Crippen molar-refractivity contribution in [3.63, 3.8) is 0 Å². The maximum atomic E-state index is 13.0. The molecule has 1 unspecified atom stereocenters. The first-order chi connectivity index (χ1) is 11.9. The monoisotopic (exact) mass is 362 g/mol. The summed E-state index contributed by atoms with van der Waals surface area (Å²) in [5.74, 6) is -0.672. The molecule has 2 aromatic heterocycles. The SMILES string of the molecule is Cc1coc(CC(=O)O)c1C(=O)N1CCCC(c2nc(C)c(C)s2)C1. The number of rotatable bonds is 4. The smallest absolute Gasteiger partial charge is 0.311 e. The second-order valence-corrected chi connectivity index (χ2v) is 7.81. The molecule has 0 bridgehead atoms. The van der Waals surface area contributed by atoms with E-state index in [2.05, 4.69) is 11.9 Å². The van der Waals surface area contributed by atoms with E-state index in [4.69, 9.17) is 9.52 Å². The van der Waals surface area contributed by atoms with Crippen molar-refractivity contribution in [3.05, 3.63) is 38.7 Å². The van der Waals surface area contributed by atoms with Crippen LogP contribution in [0.15, 0.2) is 10.7 Å². The number of piperidine rings is 1. The summed E-state index contributed by atoms with van der Waals surface area (Å²) < 4.78 is 5.31. The van der Waals surface area contributed by atoms with Gasteiger partial charge in [-0.25, -0.2) is 4.98 Å². The number of nitrogens with zero attached hydrogens (tertiary/aromatic N) is 2. The molecule has 1 saturated heterocycles. The van der Waals surface area contributed by atoms with Crippen molar-refractivity contribution < 1.29 is 19.1 Å². The van der Waals surface area contributed by atoms with Crippen LogP contribution in [0, 0.1) is 20.8 Å². The van der Waals surface area contributed by atoms with Crippen molar-refractivity contribution in [3.8, 4) is 0 Å². The summed E-state index contributed by atoms with van der Waals surface area (Å²) >= 11 is 1.70. The summed E-state index contributed by atoms with van der Waals surface area (Å²) in [6.07, 6.45) is 3.11. The van der Waals surface area contributed by atoms with Gasteiger partial charge in [0.15, 0.2) is 0 Å². The summed E-state index contributed by atoms with van der Waals surface area (Å²) in [7, 11) is 0. The highest BCUT2D eigenvalue weighted by Gasteiger charge is 2.30. The van der Waals surface area contributed by atoms with Gasteiger partial charge < -0.3 is 14.4 Å². The number of carboxylic acids is 1.